The molecule has 0 aromatic carbocycles. The Balaban J connectivity index is 4.38. The quantitative estimate of drug-likeness (QED) is 0.0167. The lowest BCUT2D eigenvalue weighted by Crippen LogP contribution is -2.37. The number of likely N-dealkylation sites (N-methyl/N-ethyl adjacent to an activating group) is 1. The number of esters is 1. The molecule has 53 heavy (non-hydrogen) atoms. The van der Waals surface area contributed by atoms with Gasteiger partial charge in [-0.15, -0.1) is 0 Å². The van der Waals surface area contributed by atoms with Gasteiger partial charge in [0.25, 0.3) is 0 Å². The molecule has 0 aromatic rings. The number of unbranched alkanes of at least 4 members (excludes halogenated alkanes) is 16. The zero-order valence-corrected chi connectivity index (χ0v) is 35.6. The van der Waals surface area contributed by atoms with Gasteiger partial charge < -0.3 is 18.9 Å². The molecule has 0 bridgehead atoms. The zero-order chi connectivity index (χ0) is 39.1. The molecular weight excluding hydrogens is 685 g/mol. The van der Waals surface area contributed by atoms with Crippen molar-refractivity contribution in [3.05, 3.63) is 60.9 Å². The van der Waals surface area contributed by atoms with E-state index >= 15 is 0 Å². The summed E-state index contributed by atoms with van der Waals surface area (Å²) in [6.07, 6.45) is 46.5. The maximum Gasteiger partial charge on any atom is 0.472 e. The van der Waals surface area contributed by atoms with E-state index in [0.717, 1.165) is 57.8 Å². The molecule has 0 amide bonds. The van der Waals surface area contributed by atoms with Gasteiger partial charge in [0.15, 0.2) is 6.10 Å². The molecule has 308 valence electrons. The van der Waals surface area contributed by atoms with Gasteiger partial charge >= 0.3 is 13.8 Å². The summed E-state index contributed by atoms with van der Waals surface area (Å²) in [5, 5.41) is 0. The number of hydrogen-bond donors (Lipinski definition) is 1. The summed E-state index contributed by atoms with van der Waals surface area (Å²) in [6, 6.07) is 0. The SMILES string of the molecule is CC/C=C\C/C=C\C/C=C\C/C=C\CCCCC(=O)OCC(COP(=O)(O)OCC[N+](C)(C)C)O/C=C\CCCCCCCCCCCCCCCC. The molecule has 0 rings (SSSR count). The Morgan fingerprint density at radius 2 is 1.11 bits per heavy atom. The number of allylic oxidation sites excluding steroid dienone is 9. The summed E-state index contributed by atoms with van der Waals surface area (Å²) >= 11 is 0. The molecule has 2 unspecified atom stereocenters. The van der Waals surface area contributed by atoms with Crippen LogP contribution in [-0.4, -0.2) is 69.0 Å². The number of nitrogens with zero attached hydrogens (tertiary/aromatic N) is 1. The average molecular weight is 767 g/mol. The number of carbonyl (C=O) groups excluding carboxylic acids is 1. The monoisotopic (exact) mass is 767 g/mol. The molecule has 0 aromatic heterocycles. The number of rotatable bonds is 38. The van der Waals surface area contributed by atoms with Crippen LogP contribution >= 0.6 is 7.82 Å². The van der Waals surface area contributed by atoms with E-state index in [1.807, 2.05) is 27.2 Å². The number of phosphoric acid groups is 1. The summed E-state index contributed by atoms with van der Waals surface area (Å²) < 4.78 is 34.7. The largest absolute Gasteiger partial charge is 0.492 e. The maximum atomic E-state index is 12.5. The third-order valence-corrected chi connectivity index (χ3v) is 9.67. The van der Waals surface area contributed by atoms with Crippen LogP contribution < -0.4 is 0 Å². The Morgan fingerprint density at radius 1 is 0.623 bits per heavy atom. The smallest absolute Gasteiger partial charge is 0.472 e. The lowest BCUT2D eigenvalue weighted by Gasteiger charge is -2.24. The molecule has 0 aliphatic heterocycles. The summed E-state index contributed by atoms with van der Waals surface area (Å²) in [5.74, 6) is -0.318. The van der Waals surface area contributed by atoms with E-state index in [1.54, 1.807) is 6.26 Å². The van der Waals surface area contributed by atoms with Crippen LogP contribution in [0.15, 0.2) is 60.9 Å². The molecule has 0 spiro atoms. The second-order valence-electron chi connectivity index (χ2n) is 15.1. The van der Waals surface area contributed by atoms with Crippen molar-refractivity contribution in [3.63, 3.8) is 0 Å². The molecule has 0 saturated carbocycles. The van der Waals surface area contributed by atoms with Crippen molar-refractivity contribution >= 4 is 13.8 Å². The molecule has 0 saturated heterocycles. The van der Waals surface area contributed by atoms with Gasteiger partial charge in [-0.1, -0.05) is 146 Å². The molecule has 0 heterocycles. The van der Waals surface area contributed by atoms with Gasteiger partial charge in [-0.2, -0.15) is 0 Å². The van der Waals surface area contributed by atoms with Gasteiger partial charge in [-0.3, -0.25) is 13.8 Å². The fourth-order valence-corrected chi connectivity index (χ4v) is 6.09. The molecule has 0 aliphatic carbocycles. The lowest BCUT2D eigenvalue weighted by molar-refractivity contribution is -0.870. The molecular formula is C44H81NO7P+. The van der Waals surface area contributed by atoms with Crippen LogP contribution in [0.4, 0.5) is 0 Å². The predicted octanol–water partition coefficient (Wildman–Crippen LogP) is 12.5. The van der Waals surface area contributed by atoms with Crippen LogP contribution in [0.5, 0.6) is 0 Å². The Bertz CT molecular complexity index is 1030. The molecule has 1 N–H and O–H groups in total. The molecule has 0 fully saturated rings. The van der Waals surface area contributed by atoms with Crippen LogP contribution in [0.3, 0.4) is 0 Å². The van der Waals surface area contributed by atoms with Crippen LogP contribution in [-0.2, 0) is 27.9 Å². The lowest BCUT2D eigenvalue weighted by atomic mass is 10.0. The first kappa shape index (κ1) is 51.0. The highest BCUT2D eigenvalue weighted by Crippen LogP contribution is 2.43. The van der Waals surface area contributed by atoms with E-state index in [1.165, 1.54) is 83.5 Å². The van der Waals surface area contributed by atoms with Gasteiger partial charge in [0, 0.05) is 6.42 Å². The highest BCUT2D eigenvalue weighted by Gasteiger charge is 2.25. The van der Waals surface area contributed by atoms with Crippen molar-refractivity contribution in [2.45, 2.75) is 168 Å². The first-order chi connectivity index (χ1) is 25.6. The van der Waals surface area contributed by atoms with Crippen LogP contribution in [0.2, 0.25) is 0 Å². The fraction of sp³-hybridized carbons (Fsp3) is 0.750. The third kappa shape index (κ3) is 41.1. The van der Waals surface area contributed by atoms with Gasteiger partial charge in [0.2, 0.25) is 0 Å². The summed E-state index contributed by atoms with van der Waals surface area (Å²) in [7, 11) is 1.64. The maximum absolute atomic E-state index is 12.5. The third-order valence-electron chi connectivity index (χ3n) is 8.68. The Kier molecular flexibility index (Phi) is 35.6. The summed E-state index contributed by atoms with van der Waals surface area (Å²) in [5.41, 5.74) is 0. The van der Waals surface area contributed by atoms with Crippen LogP contribution in [0.25, 0.3) is 0 Å². The van der Waals surface area contributed by atoms with E-state index in [-0.39, 0.29) is 25.8 Å². The molecule has 0 aliphatic rings. The van der Waals surface area contributed by atoms with Crippen LogP contribution in [0.1, 0.15) is 162 Å². The molecule has 0 radical (unpaired) electrons. The number of phosphoric ester groups is 1. The van der Waals surface area contributed by atoms with Gasteiger partial charge in [0.1, 0.15) is 19.8 Å². The zero-order valence-electron chi connectivity index (χ0n) is 34.7. The summed E-state index contributed by atoms with van der Waals surface area (Å²) in [6.45, 7) is 4.74. The molecule has 9 heteroatoms. The standard InChI is InChI=1S/C44H80NO7P/c1-6-8-10-12-14-16-18-20-22-24-26-28-30-32-34-36-39-49-43(42-52-53(47,48)51-40-38-45(3,4)5)41-50-44(46)37-35-33-31-29-27-25-23-21-19-17-15-13-11-9-7-2/h9,11,15,17,21,23,27,29,36,39,43H,6-8,10,12-14,16,18-20,22,24-26,28,30-35,37-38,40-42H2,1-5H3/p+1/b11-9-,17-15-,23-21-,29-27-,39-36-. The number of hydrogen-bond acceptors (Lipinski definition) is 6. The van der Waals surface area contributed by atoms with Crippen molar-refractivity contribution in [2.75, 3.05) is 47.5 Å². The van der Waals surface area contributed by atoms with Crippen molar-refractivity contribution in [3.8, 4) is 0 Å². The summed E-state index contributed by atoms with van der Waals surface area (Å²) in [4.78, 5) is 22.6. The van der Waals surface area contributed by atoms with Crippen LogP contribution in [0, 0.1) is 0 Å². The Labute approximate surface area is 326 Å². The molecule has 2 atom stereocenters. The van der Waals surface area contributed by atoms with Crippen molar-refractivity contribution < 1.29 is 37.3 Å². The normalized spacial score (nSPS) is 14.4. The van der Waals surface area contributed by atoms with Crippen molar-refractivity contribution in [1.82, 2.24) is 0 Å². The second kappa shape index (κ2) is 37.0. The highest BCUT2D eigenvalue weighted by atomic mass is 31.2. The van der Waals surface area contributed by atoms with Gasteiger partial charge in [-0.05, 0) is 63.9 Å². The number of ether oxygens (including phenoxy) is 2. The van der Waals surface area contributed by atoms with E-state index in [9.17, 15) is 14.3 Å². The molecule has 8 nitrogen and oxygen atoms in total. The minimum absolute atomic E-state index is 0.0716. The predicted molar refractivity (Wildman–Crippen MR) is 224 cm³/mol. The van der Waals surface area contributed by atoms with Gasteiger partial charge in [-0.25, -0.2) is 4.57 Å². The average Bonchev–Trinajstić information content (AvgIpc) is 3.11. The first-order valence-corrected chi connectivity index (χ1v) is 22.6. The van der Waals surface area contributed by atoms with E-state index in [2.05, 4.69) is 62.5 Å². The van der Waals surface area contributed by atoms with E-state index in [0.29, 0.717) is 17.4 Å². The number of quaternary nitrogens is 1. The Morgan fingerprint density at radius 3 is 1.66 bits per heavy atom. The minimum atomic E-state index is -4.27. The number of carbonyl (C=O) groups is 1. The van der Waals surface area contributed by atoms with Gasteiger partial charge in [0.05, 0.1) is 34.0 Å². The topological polar surface area (TPSA) is 91.3 Å². The minimum Gasteiger partial charge on any atom is -0.492 e. The van der Waals surface area contributed by atoms with E-state index < -0.39 is 13.9 Å². The van der Waals surface area contributed by atoms with E-state index in [4.69, 9.17) is 18.5 Å². The highest BCUT2D eigenvalue weighted by molar-refractivity contribution is 7.47. The first-order valence-electron chi connectivity index (χ1n) is 21.1. The van der Waals surface area contributed by atoms with Crippen molar-refractivity contribution in [1.29, 1.82) is 0 Å². The second-order valence-corrected chi connectivity index (χ2v) is 16.5. The fourth-order valence-electron chi connectivity index (χ4n) is 5.35. The Hall–Kier alpha value is -1.96. The van der Waals surface area contributed by atoms with Crippen molar-refractivity contribution in [2.24, 2.45) is 0 Å².